The molecule has 1 amide bonds. The number of hydrogen-bond acceptors (Lipinski definition) is 4. The van der Waals surface area contributed by atoms with Crippen molar-refractivity contribution in [2.75, 3.05) is 0 Å². The third kappa shape index (κ3) is 5.36. The van der Waals surface area contributed by atoms with Gasteiger partial charge in [0.15, 0.2) is 0 Å². The second-order valence-electron chi connectivity index (χ2n) is 10.0. The molecule has 1 aliphatic rings. The Kier molecular flexibility index (Phi) is 7.32. The molecule has 0 saturated heterocycles. The number of hydrogen-bond donors (Lipinski definition) is 1. The lowest BCUT2D eigenvalue weighted by molar-refractivity contribution is 0.0377. The molecule has 0 aliphatic heterocycles. The van der Waals surface area contributed by atoms with Crippen LogP contribution in [0, 0.1) is 0 Å². The van der Waals surface area contributed by atoms with Crippen molar-refractivity contribution < 1.29 is 9.53 Å². The summed E-state index contributed by atoms with van der Waals surface area (Å²) in [7, 11) is 0. The van der Waals surface area contributed by atoms with E-state index in [2.05, 4.69) is 41.1 Å². The molecule has 0 unspecified atom stereocenters. The van der Waals surface area contributed by atoms with Crippen LogP contribution in [0.3, 0.4) is 0 Å². The highest BCUT2D eigenvalue weighted by molar-refractivity contribution is 6.34. The molecule has 1 N–H and O–H groups in total. The van der Waals surface area contributed by atoms with Crippen molar-refractivity contribution in [1.29, 1.82) is 0 Å². The molecule has 0 spiro atoms. The lowest BCUT2D eigenvalue weighted by atomic mass is 9.71. The fraction of sp³-hybridized carbons (Fsp3) is 0.300. The molecule has 5 nitrogen and oxygen atoms in total. The number of aromatic nitrogens is 2. The monoisotopic (exact) mass is 501 g/mol. The van der Waals surface area contributed by atoms with Crippen LogP contribution in [0.25, 0.3) is 27.7 Å². The average Bonchev–Trinajstić information content (AvgIpc) is 2.81. The van der Waals surface area contributed by atoms with Crippen molar-refractivity contribution in [2.24, 2.45) is 0 Å². The van der Waals surface area contributed by atoms with E-state index in [4.69, 9.17) is 21.3 Å². The van der Waals surface area contributed by atoms with E-state index in [1.54, 1.807) is 12.3 Å². The van der Waals surface area contributed by atoms with Crippen LogP contribution >= 0.6 is 11.6 Å². The molecule has 1 fully saturated rings. The zero-order valence-electron chi connectivity index (χ0n) is 21.3. The van der Waals surface area contributed by atoms with E-state index in [0.29, 0.717) is 5.15 Å². The van der Waals surface area contributed by atoms with Crippen LogP contribution in [0.15, 0.2) is 73.5 Å². The van der Waals surface area contributed by atoms with Crippen molar-refractivity contribution in [3.05, 3.63) is 89.8 Å². The maximum Gasteiger partial charge on any atom is 0.408 e. The van der Waals surface area contributed by atoms with E-state index >= 15 is 0 Å². The molecular formula is C30H32ClN3O2. The number of halogens is 1. The summed E-state index contributed by atoms with van der Waals surface area (Å²) in [5.41, 5.74) is 4.68. The van der Waals surface area contributed by atoms with E-state index in [0.717, 1.165) is 58.1 Å². The van der Waals surface area contributed by atoms with Gasteiger partial charge in [-0.3, -0.25) is 0 Å². The van der Waals surface area contributed by atoms with Crippen LogP contribution in [-0.4, -0.2) is 21.7 Å². The van der Waals surface area contributed by atoms with Gasteiger partial charge in [-0.15, -0.1) is 0 Å². The minimum absolute atomic E-state index is 0.387. The molecule has 1 aromatic carbocycles. The molecule has 2 heterocycles. The normalized spacial score (nSPS) is 15.5. The van der Waals surface area contributed by atoms with Crippen molar-refractivity contribution in [1.82, 2.24) is 15.3 Å². The van der Waals surface area contributed by atoms with Gasteiger partial charge >= 0.3 is 6.09 Å². The minimum atomic E-state index is -0.542. The molecule has 1 aliphatic carbocycles. The first-order valence-electron chi connectivity index (χ1n) is 12.2. The van der Waals surface area contributed by atoms with Gasteiger partial charge in [0.05, 0.1) is 16.7 Å². The summed E-state index contributed by atoms with van der Waals surface area (Å²) in [5.74, 6) is 0. The van der Waals surface area contributed by atoms with Gasteiger partial charge in [-0.1, -0.05) is 66.7 Å². The molecule has 1 saturated carbocycles. The standard InChI is InChI=1S/C30H32ClN3O2/c1-6-8-10-20(7-2)23-19-24-25(15-18-32-27(24)31)33-26(23)21-11-13-22(14-12-21)30(16-9-17-30)34-28(35)36-29(3,4)5/h6-8,10-15,18-19H,1,9,16-17H2,2-5H3,(H,34,35)/b10-8-,20-7+. The second-order valence-corrected chi connectivity index (χ2v) is 10.4. The molecule has 36 heavy (non-hydrogen) atoms. The number of fused-ring (bicyclic) bond motifs is 1. The van der Waals surface area contributed by atoms with E-state index in [1.807, 2.05) is 58.1 Å². The van der Waals surface area contributed by atoms with Crippen LogP contribution in [0.4, 0.5) is 4.79 Å². The molecule has 2 aromatic heterocycles. The number of rotatable bonds is 6. The van der Waals surface area contributed by atoms with Crippen molar-refractivity contribution >= 4 is 34.2 Å². The van der Waals surface area contributed by atoms with Gasteiger partial charge in [0.2, 0.25) is 0 Å². The number of pyridine rings is 2. The van der Waals surface area contributed by atoms with E-state index < -0.39 is 11.1 Å². The van der Waals surface area contributed by atoms with Gasteiger partial charge in [-0.25, -0.2) is 14.8 Å². The fourth-order valence-electron chi connectivity index (χ4n) is 4.48. The van der Waals surface area contributed by atoms with Gasteiger partial charge in [0, 0.05) is 22.7 Å². The van der Waals surface area contributed by atoms with Crippen molar-refractivity contribution in [3.8, 4) is 11.3 Å². The Balaban J connectivity index is 1.74. The average molecular weight is 502 g/mol. The highest BCUT2D eigenvalue weighted by Gasteiger charge is 2.41. The van der Waals surface area contributed by atoms with Crippen LogP contribution in [0.1, 0.15) is 58.1 Å². The molecular weight excluding hydrogens is 470 g/mol. The Labute approximate surface area is 218 Å². The van der Waals surface area contributed by atoms with Gasteiger partial charge < -0.3 is 10.1 Å². The molecule has 186 valence electrons. The molecule has 0 bridgehead atoms. The summed E-state index contributed by atoms with van der Waals surface area (Å²) < 4.78 is 5.53. The summed E-state index contributed by atoms with van der Waals surface area (Å²) >= 11 is 6.41. The molecule has 0 radical (unpaired) electrons. The van der Waals surface area contributed by atoms with Crippen molar-refractivity contribution in [2.45, 2.75) is 58.1 Å². The molecule has 3 aromatic rings. The summed E-state index contributed by atoms with van der Waals surface area (Å²) in [6.45, 7) is 11.4. The first-order valence-corrected chi connectivity index (χ1v) is 12.6. The number of nitrogens with one attached hydrogen (secondary N) is 1. The lowest BCUT2D eigenvalue weighted by Gasteiger charge is -2.43. The first-order chi connectivity index (χ1) is 17.2. The second kappa shape index (κ2) is 10.3. The SMILES string of the molecule is C=C/C=C\C(=C/C)c1cc2c(Cl)nccc2nc1-c1ccc(C2(NC(=O)OC(C)(C)C)CCC2)cc1. The van der Waals surface area contributed by atoms with Crippen LogP contribution in [-0.2, 0) is 10.3 Å². The number of ether oxygens (including phenoxy) is 1. The Morgan fingerprint density at radius 3 is 2.50 bits per heavy atom. The summed E-state index contributed by atoms with van der Waals surface area (Å²) in [6.07, 6.45) is 11.8. The Morgan fingerprint density at radius 2 is 1.92 bits per heavy atom. The van der Waals surface area contributed by atoms with Gasteiger partial charge in [0.1, 0.15) is 10.8 Å². The van der Waals surface area contributed by atoms with E-state index in [1.165, 1.54) is 0 Å². The number of carbonyl (C=O) groups excluding carboxylic acids is 1. The highest BCUT2D eigenvalue weighted by atomic mass is 35.5. The van der Waals surface area contributed by atoms with E-state index in [-0.39, 0.29) is 6.09 Å². The number of nitrogens with zero attached hydrogens (tertiary/aromatic N) is 2. The topological polar surface area (TPSA) is 64.1 Å². The zero-order chi connectivity index (χ0) is 25.9. The van der Waals surface area contributed by atoms with Crippen LogP contribution in [0.2, 0.25) is 5.15 Å². The summed E-state index contributed by atoms with van der Waals surface area (Å²) in [4.78, 5) is 21.7. The number of carbonyl (C=O) groups is 1. The Bertz CT molecular complexity index is 1350. The number of allylic oxidation sites excluding steroid dienone is 5. The molecule has 6 heteroatoms. The predicted molar refractivity (Wildman–Crippen MR) is 148 cm³/mol. The fourth-order valence-corrected chi connectivity index (χ4v) is 4.69. The smallest absolute Gasteiger partial charge is 0.408 e. The number of alkyl carbamates (subject to hydrolysis) is 1. The first kappa shape index (κ1) is 25.6. The minimum Gasteiger partial charge on any atom is -0.444 e. The van der Waals surface area contributed by atoms with Gasteiger partial charge in [-0.2, -0.15) is 0 Å². The predicted octanol–water partition coefficient (Wildman–Crippen LogP) is 8.00. The lowest BCUT2D eigenvalue weighted by Crippen LogP contribution is -2.52. The third-order valence-corrected chi connectivity index (χ3v) is 6.69. The summed E-state index contributed by atoms with van der Waals surface area (Å²) in [6, 6.07) is 12.2. The Morgan fingerprint density at radius 1 is 1.19 bits per heavy atom. The third-order valence-electron chi connectivity index (χ3n) is 6.39. The highest BCUT2D eigenvalue weighted by Crippen LogP contribution is 2.42. The van der Waals surface area contributed by atoms with Gasteiger partial charge in [-0.05, 0) is 70.2 Å². The van der Waals surface area contributed by atoms with Gasteiger partial charge in [0.25, 0.3) is 0 Å². The number of amides is 1. The van der Waals surface area contributed by atoms with Crippen molar-refractivity contribution in [3.63, 3.8) is 0 Å². The summed E-state index contributed by atoms with van der Waals surface area (Å²) in [5, 5.41) is 4.35. The largest absolute Gasteiger partial charge is 0.444 e. The zero-order valence-corrected chi connectivity index (χ0v) is 22.0. The van der Waals surface area contributed by atoms with Crippen LogP contribution in [0.5, 0.6) is 0 Å². The van der Waals surface area contributed by atoms with E-state index in [9.17, 15) is 4.79 Å². The maximum absolute atomic E-state index is 12.5. The maximum atomic E-state index is 12.5. The Hall–Kier alpha value is -3.44. The number of benzene rings is 1. The quantitative estimate of drug-likeness (QED) is 0.274. The molecule has 4 rings (SSSR count). The molecule has 0 atom stereocenters. The van der Waals surface area contributed by atoms with Crippen LogP contribution < -0.4 is 5.32 Å².